The Labute approximate surface area is 173 Å². The van der Waals surface area contributed by atoms with E-state index in [-0.39, 0.29) is 11.3 Å². The molecular weight excluding hydrogens is 390 g/mol. The average Bonchev–Trinajstić information content (AvgIpc) is 3.35. The van der Waals surface area contributed by atoms with Gasteiger partial charge >= 0.3 is 0 Å². The van der Waals surface area contributed by atoms with Crippen LogP contribution in [0.5, 0.6) is 5.75 Å². The maximum Gasteiger partial charge on any atom is 0.295 e. The molecule has 1 atom stereocenters. The van der Waals surface area contributed by atoms with E-state index < -0.39 is 17.7 Å². The Morgan fingerprint density at radius 3 is 2.66 bits per heavy atom. The molecule has 0 spiro atoms. The molecule has 0 radical (unpaired) electrons. The summed E-state index contributed by atoms with van der Waals surface area (Å²) >= 11 is 1.44. The molecule has 0 unspecified atom stereocenters. The van der Waals surface area contributed by atoms with Gasteiger partial charge in [0.15, 0.2) is 0 Å². The number of likely N-dealkylation sites (tertiary alicyclic amines) is 1. The van der Waals surface area contributed by atoms with E-state index in [0.717, 1.165) is 4.88 Å². The lowest BCUT2D eigenvalue weighted by molar-refractivity contribution is -0.140. The highest BCUT2D eigenvalue weighted by molar-refractivity contribution is 7.10. The second kappa shape index (κ2) is 9.54. The number of thiophene rings is 1. The fraction of sp³-hybridized carbons (Fsp3) is 0.273. The molecule has 7 heteroatoms. The number of aliphatic hydroxyl groups excluding tert-OH is 1. The second-order valence-corrected chi connectivity index (χ2v) is 7.46. The van der Waals surface area contributed by atoms with Gasteiger partial charge in [-0.2, -0.15) is 0 Å². The molecule has 1 N–H and O–H groups in total. The summed E-state index contributed by atoms with van der Waals surface area (Å²) in [4.78, 5) is 27.8. The Balaban J connectivity index is 1.98. The minimum absolute atomic E-state index is 0.106. The molecule has 1 fully saturated rings. The first kappa shape index (κ1) is 20.8. The molecule has 1 aliphatic heterocycles. The second-order valence-electron chi connectivity index (χ2n) is 6.48. The fourth-order valence-corrected chi connectivity index (χ4v) is 4.10. The average molecular weight is 413 g/mol. The number of ketones is 1. The van der Waals surface area contributed by atoms with Crippen LogP contribution >= 0.6 is 11.3 Å². The van der Waals surface area contributed by atoms with Crippen molar-refractivity contribution in [2.45, 2.75) is 12.5 Å². The van der Waals surface area contributed by atoms with Crippen molar-refractivity contribution in [1.29, 1.82) is 0 Å². The number of methoxy groups -OCH3 is 1. The molecule has 29 heavy (non-hydrogen) atoms. The number of hydrogen-bond donors (Lipinski definition) is 1. The van der Waals surface area contributed by atoms with E-state index in [0.29, 0.717) is 37.5 Å². The van der Waals surface area contributed by atoms with Crippen LogP contribution in [-0.2, 0) is 14.3 Å². The smallest absolute Gasteiger partial charge is 0.295 e. The Morgan fingerprint density at radius 2 is 2.03 bits per heavy atom. The van der Waals surface area contributed by atoms with E-state index in [2.05, 4.69) is 6.58 Å². The molecule has 0 aliphatic carbocycles. The molecule has 2 heterocycles. The van der Waals surface area contributed by atoms with E-state index in [1.54, 1.807) is 37.5 Å². The molecule has 0 saturated carbocycles. The van der Waals surface area contributed by atoms with Crippen molar-refractivity contribution in [3.8, 4) is 5.75 Å². The van der Waals surface area contributed by atoms with Gasteiger partial charge in [0, 0.05) is 30.7 Å². The van der Waals surface area contributed by atoms with Crippen molar-refractivity contribution in [1.82, 2.24) is 4.90 Å². The van der Waals surface area contributed by atoms with E-state index in [4.69, 9.17) is 9.47 Å². The minimum atomic E-state index is -0.676. The highest BCUT2D eigenvalue weighted by Gasteiger charge is 2.46. The van der Waals surface area contributed by atoms with Gasteiger partial charge in [-0.1, -0.05) is 18.7 Å². The summed E-state index contributed by atoms with van der Waals surface area (Å²) in [6.45, 7) is 4.82. The molecule has 1 saturated heterocycles. The van der Waals surface area contributed by atoms with Crippen molar-refractivity contribution in [3.63, 3.8) is 0 Å². The Morgan fingerprint density at radius 1 is 1.28 bits per heavy atom. The number of carbonyl (C=O) groups is 2. The van der Waals surface area contributed by atoms with Gasteiger partial charge in [-0.3, -0.25) is 9.59 Å². The maximum absolute atomic E-state index is 12.8. The number of hydrogen-bond acceptors (Lipinski definition) is 6. The number of nitrogens with zero attached hydrogens (tertiary/aromatic N) is 1. The van der Waals surface area contributed by atoms with Gasteiger partial charge in [0.2, 0.25) is 0 Å². The lowest BCUT2D eigenvalue weighted by Gasteiger charge is -2.23. The van der Waals surface area contributed by atoms with Crippen LogP contribution in [0.4, 0.5) is 0 Å². The summed E-state index contributed by atoms with van der Waals surface area (Å²) in [5, 5.41) is 12.8. The molecule has 6 nitrogen and oxygen atoms in total. The van der Waals surface area contributed by atoms with Crippen molar-refractivity contribution >= 4 is 28.8 Å². The maximum atomic E-state index is 12.8. The summed E-state index contributed by atoms with van der Waals surface area (Å²) in [5.41, 5.74) is 0.557. The van der Waals surface area contributed by atoms with Crippen LogP contribution in [0.2, 0.25) is 0 Å². The van der Waals surface area contributed by atoms with Crippen molar-refractivity contribution in [3.05, 3.63) is 70.4 Å². The van der Waals surface area contributed by atoms with Gasteiger partial charge in [0.05, 0.1) is 11.6 Å². The van der Waals surface area contributed by atoms with Crippen LogP contribution < -0.4 is 4.74 Å². The monoisotopic (exact) mass is 413 g/mol. The first-order chi connectivity index (χ1) is 14.1. The Bertz CT molecular complexity index is 902. The van der Waals surface area contributed by atoms with Crippen LogP contribution in [0.25, 0.3) is 5.76 Å². The van der Waals surface area contributed by atoms with Gasteiger partial charge in [-0.25, -0.2) is 0 Å². The number of ether oxygens (including phenoxy) is 2. The molecule has 1 aromatic heterocycles. The third kappa shape index (κ3) is 4.41. The zero-order chi connectivity index (χ0) is 20.8. The number of Topliss-reactive ketones (excluding diaryl/α,β-unsaturated/α-hetero) is 1. The summed E-state index contributed by atoms with van der Waals surface area (Å²) in [6, 6.07) is 9.85. The quantitative estimate of drug-likeness (QED) is 0.223. The number of amides is 1. The number of carbonyl (C=O) groups excluding carboxylic acids is 2. The SMILES string of the molecule is C=CCOc1ccc(C(O)=C2C(=O)C(=O)N(CCCOC)[C@@H]2c2cccs2)cc1. The third-order valence-electron chi connectivity index (χ3n) is 4.60. The molecule has 2 aromatic rings. The molecule has 1 amide bonds. The van der Waals surface area contributed by atoms with E-state index >= 15 is 0 Å². The van der Waals surface area contributed by atoms with Gasteiger partial charge in [-0.15, -0.1) is 11.3 Å². The third-order valence-corrected chi connectivity index (χ3v) is 5.52. The molecule has 0 bridgehead atoms. The highest BCUT2D eigenvalue weighted by atomic mass is 32.1. The molecule has 1 aromatic carbocycles. The molecule has 3 rings (SSSR count). The standard InChI is InChI=1S/C22H23NO5S/c1-3-12-28-16-9-7-15(8-10-16)20(24)18-19(17-6-4-14-29-17)23(11-5-13-27-2)22(26)21(18)25/h3-4,6-10,14,19,24H,1,5,11-13H2,2H3/t19-/m1/s1. The summed E-state index contributed by atoms with van der Waals surface area (Å²) < 4.78 is 10.5. The first-order valence-corrected chi connectivity index (χ1v) is 10.1. The van der Waals surface area contributed by atoms with Crippen molar-refractivity contribution < 1.29 is 24.2 Å². The lowest BCUT2D eigenvalue weighted by Crippen LogP contribution is -2.31. The fourth-order valence-electron chi connectivity index (χ4n) is 3.25. The van der Waals surface area contributed by atoms with E-state index in [9.17, 15) is 14.7 Å². The zero-order valence-electron chi connectivity index (χ0n) is 16.2. The summed E-state index contributed by atoms with van der Waals surface area (Å²) in [6.07, 6.45) is 2.24. The zero-order valence-corrected chi connectivity index (χ0v) is 17.0. The van der Waals surface area contributed by atoms with Crippen molar-refractivity contribution in [2.75, 3.05) is 26.9 Å². The number of rotatable bonds is 9. The molecule has 152 valence electrons. The lowest BCUT2D eigenvalue weighted by atomic mass is 10.00. The van der Waals surface area contributed by atoms with Gasteiger partial charge < -0.3 is 19.5 Å². The summed E-state index contributed by atoms with van der Waals surface area (Å²) in [7, 11) is 1.59. The van der Waals surface area contributed by atoms with Crippen LogP contribution in [-0.4, -0.2) is 48.6 Å². The largest absolute Gasteiger partial charge is 0.507 e. The predicted octanol–water partition coefficient (Wildman–Crippen LogP) is 3.77. The summed E-state index contributed by atoms with van der Waals surface area (Å²) in [5.74, 6) is -0.847. The Hall–Kier alpha value is -2.90. The normalized spacial score (nSPS) is 18.2. The minimum Gasteiger partial charge on any atom is -0.507 e. The van der Waals surface area contributed by atoms with Crippen LogP contribution in [0.3, 0.4) is 0 Å². The van der Waals surface area contributed by atoms with Gasteiger partial charge in [0.25, 0.3) is 11.7 Å². The van der Waals surface area contributed by atoms with Crippen LogP contribution in [0.1, 0.15) is 22.9 Å². The molecular formula is C22H23NO5S. The van der Waals surface area contributed by atoms with Crippen LogP contribution in [0, 0.1) is 0 Å². The molecule has 1 aliphatic rings. The predicted molar refractivity (Wildman–Crippen MR) is 112 cm³/mol. The van der Waals surface area contributed by atoms with Crippen LogP contribution in [0.15, 0.2) is 60.0 Å². The van der Waals surface area contributed by atoms with Crippen molar-refractivity contribution in [2.24, 2.45) is 0 Å². The van der Waals surface area contributed by atoms with E-state index in [1.165, 1.54) is 16.2 Å². The first-order valence-electron chi connectivity index (χ1n) is 9.23. The number of benzene rings is 1. The van der Waals surface area contributed by atoms with Gasteiger partial charge in [0.1, 0.15) is 18.1 Å². The number of aliphatic hydroxyl groups is 1. The topological polar surface area (TPSA) is 76.1 Å². The van der Waals surface area contributed by atoms with E-state index in [1.807, 2.05) is 17.5 Å². The van der Waals surface area contributed by atoms with Gasteiger partial charge in [-0.05, 0) is 42.1 Å². The Kier molecular flexibility index (Phi) is 6.85. The highest BCUT2D eigenvalue weighted by Crippen LogP contribution is 2.41.